The second-order valence-corrected chi connectivity index (χ2v) is 6.51. The largest absolute Gasteiger partial charge is 0.369 e. The third-order valence-electron chi connectivity index (χ3n) is 4.23. The van der Waals surface area contributed by atoms with Crippen LogP contribution >= 0.6 is 11.8 Å². The van der Waals surface area contributed by atoms with Crippen LogP contribution in [0.3, 0.4) is 0 Å². The molecule has 1 aromatic rings. The summed E-state index contributed by atoms with van der Waals surface area (Å²) in [6.07, 6.45) is 3.62. The van der Waals surface area contributed by atoms with Crippen molar-refractivity contribution in [3.63, 3.8) is 0 Å². The van der Waals surface area contributed by atoms with Crippen molar-refractivity contribution in [2.24, 2.45) is 0 Å². The second kappa shape index (κ2) is 6.31. The molecule has 1 unspecified atom stereocenters. The van der Waals surface area contributed by atoms with Gasteiger partial charge in [-0.2, -0.15) is 8.78 Å². The molecule has 0 amide bonds. The molecule has 0 bridgehead atoms. The van der Waals surface area contributed by atoms with Crippen LogP contribution in [0, 0.1) is 0 Å². The van der Waals surface area contributed by atoms with Crippen molar-refractivity contribution in [2.45, 2.75) is 36.0 Å². The predicted molar refractivity (Wildman–Crippen MR) is 79.7 cm³/mol. The second-order valence-electron chi connectivity index (χ2n) is 5.48. The molecular weight excluding hydrogens is 278 g/mol. The first-order chi connectivity index (χ1) is 9.74. The summed E-state index contributed by atoms with van der Waals surface area (Å²) in [5.41, 5.74) is 0.978. The van der Waals surface area contributed by atoms with Gasteiger partial charge in [-0.25, -0.2) is 0 Å². The van der Waals surface area contributed by atoms with Gasteiger partial charge in [-0.1, -0.05) is 23.9 Å². The van der Waals surface area contributed by atoms with Gasteiger partial charge in [0.15, 0.2) is 0 Å². The topological polar surface area (TPSA) is 6.48 Å². The molecule has 2 fully saturated rings. The van der Waals surface area contributed by atoms with Crippen LogP contribution in [0.1, 0.15) is 19.3 Å². The summed E-state index contributed by atoms with van der Waals surface area (Å²) in [6.45, 7) is 4.28. The van der Waals surface area contributed by atoms with Crippen LogP contribution in [0.5, 0.6) is 0 Å². The summed E-state index contributed by atoms with van der Waals surface area (Å²) in [5.74, 6) is -2.36. The van der Waals surface area contributed by atoms with E-state index >= 15 is 0 Å². The van der Waals surface area contributed by atoms with Crippen molar-refractivity contribution in [3.05, 3.63) is 24.3 Å². The van der Waals surface area contributed by atoms with Crippen molar-refractivity contribution in [1.29, 1.82) is 0 Å². The maximum atomic E-state index is 12.7. The van der Waals surface area contributed by atoms with Crippen LogP contribution in [0.15, 0.2) is 29.2 Å². The average Bonchev–Trinajstić information content (AvgIpc) is 2.76. The van der Waals surface area contributed by atoms with Gasteiger partial charge >= 0.3 is 0 Å². The number of alkyl halides is 2. The Bertz CT molecular complexity index is 455. The van der Waals surface area contributed by atoms with E-state index in [1.165, 1.54) is 19.4 Å². The number of rotatable bonds is 3. The SMILES string of the molecule is FC(F)Sc1ccccc1N1CCCN2CCCC2C1. The molecule has 2 heterocycles. The Balaban J connectivity index is 1.80. The van der Waals surface area contributed by atoms with Crippen LogP contribution < -0.4 is 4.90 Å². The molecule has 2 nitrogen and oxygen atoms in total. The molecule has 0 aromatic heterocycles. The van der Waals surface area contributed by atoms with E-state index < -0.39 is 5.76 Å². The number of hydrogen-bond donors (Lipinski definition) is 0. The predicted octanol–water partition coefficient (Wildman–Crippen LogP) is 3.68. The lowest BCUT2D eigenvalue weighted by atomic mass is 10.2. The summed E-state index contributed by atoms with van der Waals surface area (Å²) < 4.78 is 25.4. The van der Waals surface area contributed by atoms with E-state index in [1.54, 1.807) is 0 Å². The molecule has 2 aliphatic rings. The first-order valence-corrected chi connectivity index (χ1v) is 8.15. The van der Waals surface area contributed by atoms with Gasteiger partial charge in [0.1, 0.15) is 0 Å². The highest BCUT2D eigenvalue weighted by Gasteiger charge is 2.29. The Hall–Kier alpha value is -0.810. The molecular formula is C15H20F2N2S. The Morgan fingerprint density at radius 1 is 1.10 bits per heavy atom. The normalized spacial score (nSPS) is 23.9. The fourth-order valence-electron chi connectivity index (χ4n) is 3.34. The summed E-state index contributed by atoms with van der Waals surface area (Å²) in [6, 6.07) is 8.18. The third kappa shape index (κ3) is 3.09. The zero-order valence-corrected chi connectivity index (χ0v) is 12.3. The lowest BCUT2D eigenvalue weighted by Crippen LogP contribution is -2.36. The molecule has 0 spiro atoms. The number of para-hydroxylation sites is 1. The zero-order valence-electron chi connectivity index (χ0n) is 11.5. The molecule has 0 N–H and O–H groups in total. The van der Waals surface area contributed by atoms with Crippen LogP contribution in [0.4, 0.5) is 14.5 Å². The van der Waals surface area contributed by atoms with E-state index in [9.17, 15) is 8.78 Å². The molecule has 0 saturated carbocycles. The summed E-state index contributed by atoms with van der Waals surface area (Å²) >= 11 is 0.662. The molecule has 0 aliphatic carbocycles. The molecule has 2 aliphatic heterocycles. The molecule has 3 rings (SSSR count). The van der Waals surface area contributed by atoms with Crippen molar-refractivity contribution < 1.29 is 8.78 Å². The Morgan fingerprint density at radius 3 is 2.75 bits per heavy atom. The van der Waals surface area contributed by atoms with Gasteiger partial charge in [0, 0.05) is 30.6 Å². The van der Waals surface area contributed by atoms with Crippen LogP contribution in [-0.2, 0) is 0 Å². The van der Waals surface area contributed by atoms with Crippen molar-refractivity contribution in [1.82, 2.24) is 4.90 Å². The molecule has 20 heavy (non-hydrogen) atoms. The fourth-order valence-corrected chi connectivity index (χ4v) is 4.01. The van der Waals surface area contributed by atoms with Crippen LogP contribution in [0.25, 0.3) is 0 Å². The maximum Gasteiger partial charge on any atom is 0.288 e. The zero-order chi connectivity index (χ0) is 13.9. The standard InChI is InChI=1S/C15H20F2N2S/c16-15(17)20-14-7-2-1-6-13(14)19-10-4-9-18-8-3-5-12(18)11-19/h1-2,6-7,12,15H,3-5,8-11H2. The molecule has 110 valence electrons. The highest BCUT2D eigenvalue weighted by molar-refractivity contribution is 7.99. The van der Waals surface area contributed by atoms with Gasteiger partial charge in [0.25, 0.3) is 5.76 Å². The third-order valence-corrected chi connectivity index (χ3v) is 5.00. The van der Waals surface area contributed by atoms with E-state index in [-0.39, 0.29) is 0 Å². The van der Waals surface area contributed by atoms with Gasteiger partial charge in [0.05, 0.1) is 5.69 Å². The summed E-state index contributed by atoms with van der Waals surface area (Å²) in [7, 11) is 0. The van der Waals surface area contributed by atoms with Crippen molar-refractivity contribution in [2.75, 3.05) is 31.1 Å². The molecule has 1 aromatic carbocycles. The highest BCUT2D eigenvalue weighted by atomic mass is 32.2. The number of benzene rings is 1. The van der Waals surface area contributed by atoms with Crippen molar-refractivity contribution in [3.8, 4) is 0 Å². The van der Waals surface area contributed by atoms with Gasteiger partial charge in [0.2, 0.25) is 0 Å². The lowest BCUT2D eigenvalue weighted by Gasteiger charge is -2.28. The number of fused-ring (bicyclic) bond motifs is 1. The number of nitrogens with zero attached hydrogens (tertiary/aromatic N) is 2. The Morgan fingerprint density at radius 2 is 1.90 bits per heavy atom. The van der Waals surface area contributed by atoms with Crippen molar-refractivity contribution >= 4 is 17.4 Å². The lowest BCUT2D eigenvalue weighted by molar-refractivity contribution is 0.252. The quantitative estimate of drug-likeness (QED) is 0.786. The Labute approximate surface area is 123 Å². The number of thioether (sulfide) groups is 1. The minimum atomic E-state index is -2.36. The molecule has 2 saturated heterocycles. The van der Waals surface area contributed by atoms with Crippen LogP contribution in [-0.4, -0.2) is 42.9 Å². The smallest absolute Gasteiger partial charge is 0.288 e. The van der Waals surface area contributed by atoms with Gasteiger partial charge in [-0.05, 0) is 37.9 Å². The summed E-state index contributed by atoms with van der Waals surface area (Å²) in [4.78, 5) is 5.57. The van der Waals surface area contributed by atoms with Gasteiger partial charge in [-0.15, -0.1) is 0 Å². The average molecular weight is 298 g/mol. The molecule has 1 atom stereocenters. The minimum absolute atomic E-state index is 0.599. The number of anilines is 1. The summed E-state index contributed by atoms with van der Waals surface area (Å²) in [5, 5.41) is 0. The molecule has 0 radical (unpaired) electrons. The van der Waals surface area contributed by atoms with Crippen LogP contribution in [0.2, 0.25) is 0 Å². The van der Waals surface area contributed by atoms with E-state index in [1.807, 2.05) is 24.3 Å². The fraction of sp³-hybridized carbons (Fsp3) is 0.600. The van der Waals surface area contributed by atoms with E-state index in [2.05, 4.69) is 9.80 Å². The minimum Gasteiger partial charge on any atom is -0.369 e. The van der Waals surface area contributed by atoms with E-state index in [4.69, 9.17) is 0 Å². The first kappa shape index (κ1) is 14.1. The highest BCUT2D eigenvalue weighted by Crippen LogP contribution is 2.35. The maximum absolute atomic E-state index is 12.7. The van der Waals surface area contributed by atoms with E-state index in [0.29, 0.717) is 22.7 Å². The van der Waals surface area contributed by atoms with E-state index in [0.717, 1.165) is 31.7 Å². The number of halogens is 2. The number of hydrogen-bond acceptors (Lipinski definition) is 3. The van der Waals surface area contributed by atoms with Gasteiger partial charge in [-0.3, -0.25) is 4.90 Å². The monoisotopic (exact) mass is 298 g/mol. The Kier molecular flexibility index (Phi) is 4.46. The molecule has 5 heteroatoms. The van der Waals surface area contributed by atoms with Gasteiger partial charge < -0.3 is 4.90 Å². The first-order valence-electron chi connectivity index (χ1n) is 7.27.